The molecule has 4 rings (SSSR count). The molecule has 148 valence electrons. The molecule has 3 aromatic heterocycles. The first-order chi connectivity index (χ1) is 13.4. The normalized spacial score (nSPS) is 18.4. The van der Waals surface area contributed by atoms with Gasteiger partial charge in [0.25, 0.3) is 0 Å². The van der Waals surface area contributed by atoms with Gasteiger partial charge in [-0.05, 0) is 36.0 Å². The lowest BCUT2D eigenvalue weighted by molar-refractivity contribution is -0.0999. The van der Waals surface area contributed by atoms with Crippen LogP contribution in [0.1, 0.15) is 48.9 Å². The van der Waals surface area contributed by atoms with Gasteiger partial charge in [-0.1, -0.05) is 25.4 Å². The average Bonchev–Trinajstić information content (AvgIpc) is 3.31. The fourth-order valence-corrected chi connectivity index (χ4v) is 3.35. The first kappa shape index (κ1) is 20.1. The molecular formula is C18H18ClF3N6. The Morgan fingerprint density at radius 2 is 2.00 bits per heavy atom. The first-order valence-corrected chi connectivity index (χ1v) is 9.08. The Morgan fingerprint density at radius 1 is 1.25 bits per heavy atom. The molecule has 0 bridgehead atoms. The molecule has 0 aromatic carbocycles. The largest absolute Gasteiger partial charge is 0.482 e. The third-order valence-corrected chi connectivity index (χ3v) is 4.51. The number of halogens is 4. The number of nitrogens with one attached hydrogen (secondary N) is 2. The van der Waals surface area contributed by atoms with E-state index in [4.69, 9.17) is 17.0 Å². The molecule has 2 atom stereocenters. The molecule has 3 heterocycles. The number of hydrogen-bond acceptors (Lipinski definition) is 5. The van der Waals surface area contributed by atoms with Crippen molar-refractivity contribution in [1.29, 1.82) is 5.41 Å². The highest BCUT2D eigenvalue weighted by Gasteiger charge is 2.42. The van der Waals surface area contributed by atoms with Crippen molar-refractivity contribution in [3.63, 3.8) is 0 Å². The Hall–Kier alpha value is -2.68. The van der Waals surface area contributed by atoms with Gasteiger partial charge < -0.3 is 5.41 Å². The molecule has 1 aliphatic carbocycles. The van der Waals surface area contributed by atoms with Crippen molar-refractivity contribution >= 4 is 29.2 Å². The van der Waals surface area contributed by atoms with Gasteiger partial charge in [0.05, 0.1) is 5.69 Å². The summed E-state index contributed by atoms with van der Waals surface area (Å²) in [5, 5.41) is 13.1. The van der Waals surface area contributed by atoms with Crippen LogP contribution in [0.4, 0.5) is 18.9 Å². The SMILES string of the molecule is CC.N=Cc1ncc(C2CC2c2cc(Cl)nn3ccnc23)cc1NC(F)(F)F. The molecule has 3 aromatic rings. The average molecular weight is 411 g/mol. The molecule has 10 heteroatoms. The van der Waals surface area contributed by atoms with Crippen molar-refractivity contribution in [1.82, 2.24) is 19.6 Å². The van der Waals surface area contributed by atoms with E-state index >= 15 is 0 Å². The van der Waals surface area contributed by atoms with Crippen LogP contribution in [0, 0.1) is 5.41 Å². The number of aromatic nitrogens is 4. The van der Waals surface area contributed by atoms with E-state index in [1.54, 1.807) is 23.0 Å². The molecule has 1 saturated carbocycles. The summed E-state index contributed by atoms with van der Waals surface area (Å²) >= 11 is 6.05. The van der Waals surface area contributed by atoms with Crippen LogP contribution in [0.5, 0.6) is 0 Å². The molecule has 0 aliphatic heterocycles. The second-order valence-electron chi connectivity index (χ2n) is 6.04. The summed E-state index contributed by atoms with van der Waals surface area (Å²) in [6.45, 7) is 4.00. The Kier molecular flexibility index (Phi) is 5.55. The van der Waals surface area contributed by atoms with Crippen molar-refractivity contribution < 1.29 is 13.2 Å². The number of nitrogens with zero attached hydrogens (tertiary/aromatic N) is 4. The van der Waals surface area contributed by atoms with Gasteiger partial charge in [-0.3, -0.25) is 10.3 Å². The second-order valence-corrected chi connectivity index (χ2v) is 6.42. The van der Waals surface area contributed by atoms with Crippen molar-refractivity contribution in [2.75, 3.05) is 5.32 Å². The van der Waals surface area contributed by atoms with Gasteiger partial charge in [0.2, 0.25) is 0 Å². The summed E-state index contributed by atoms with van der Waals surface area (Å²) < 4.78 is 39.6. The lowest BCUT2D eigenvalue weighted by Gasteiger charge is -2.13. The van der Waals surface area contributed by atoms with Gasteiger partial charge >= 0.3 is 6.30 Å². The highest BCUT2D eigenvalue weighted by atomic mass is 35.5. The summed E-state index contributed by atoms with van der Waals surface area (Å²) in [5.41, 5.74) is 1.96. The molecule has 6 nitrogen and oxygen atoms in total. The van der Waals surface area contributed by atoms with Crippen LogP contribution in [0.3, 0.4) is 0 Å². The van der Waals surface area contributed by atoms with Crippen LogP contribution in [0.15, 0.2) is 30.7 Å². The zero-order chi connectivity index (χ0) is 20.5. The lowest BCUT2D eigenvalue weighted by atomic mass is 10.1. The van der Waals surface area contributed by atoms with E-state index in [-0.39, 0.29) is 23.2 Å². The standard InChI is InChI=1S/C16H12ClF3N6.C2H6/c17-14-5-11(15-22-1-2-26(15)25-14)10-4-9(10)8-3-12(24-16(18,19)20)13(6-21)23-7-8;1-2/h1-3,5-7,9-10,21,24H,4H2;1-2H3. The minimum atomic E-state index is -4.60. The first-order valence-electron chi connectivity index (χ1n) is 8.71. The molecule has 0 spiro atoms. The Morgan fingerprint density at radius 3 is 2.68 bits per heavy atom. The molecule has 0 radical (unpaired) electrons. The lowest BCUT2D eigenvalue weighted by Crippen LogP contribution is -2.22. The number of pyridine rings is 1. The van der Waals surface area contributed by atoms with Gasteiger partial charge in [-0.15, -0.1) is 0 Å². The maximum Gasteiger partial charge on any atom is 0.482 e. The number of imidazole rings is 1. The Labute approximate surface area is 164 Å². The molecule has 0 amide bonds. The van der Waals surface area contributed by atoms with E-state index in [1.165, 1.54) is 17.6 Å². The Bertz CT molecular complexity index is 1000. The van der Waals surface area contributed by atoms with Crippen LogP contribution < -0.4 is 5.32 Å². The maximum absolute atomic E-state index is 12.7. The van der Waals surface area contributed by atoms with E-state index in [0.29, 0.717) is 16.4 Å². The highest BCUT2D eigenvalue weighted by molar-refractivity contribution is 6.29. The molecule has 1 fully saturated rings. The molecule has 0 saturated heterocycles. The van der Waals surface area contributed by atoms with Crippen molar-refractivity contribution in [2.45, 2.75) is 38.4 Å². The quantitative estimate of drug-likeness (QED) is 0.468. The predicted octanol–water partition coefficient (Wildman–Crippen LogP) is 5.00. The fourth-order valence-electron chi connectivity index (χ4n) is 3.15. The van der Waals surface area contributed by atoms with Crippen LogP contribution in [0.25, 0.3) is 5.65 Å². The van der Waals surface area contributed by atoms with Crippen LogP contribution >= 0.6 is 11.6 Å². The summed E-state index contributed by atoms with van der Waals surface area (Å²) in [6.07, 6.45) is 1.76. The molecule has 2 unspecified atom stereocenters. The minimum absolute atomic E-state index is 0.00929. The van der Waals surface area contributed by atoms with E-state index in [9.17, 15) is 13.2 Å². The molecule has 1 aliphatic rings. The number of rotatable bonds is 4. The minimum Gasteiger partial charge on any atom is -0.306 e. The van der Waals surface area contributed by atoms with Crippen LogP contribution in [0.2, 0.25) is 5.15 Å². The van der Waals surface area contributed by atoms with E-state index < -0.39 is 6.30 Å². The van der Waals surface area contributed by atoms with Crippen molar-refractivity contribution in [3.8, 4) is 0 Å². The summed E-state index contributed by atoms with van der Waals surface area (Å²) in [5.74, 6) is 0.0850. The van der Waals surface area contributed by atoms with Gasteiger partial charge in [0.1, 0.15) is 10.8 Å². The maximum atomic E-state index is 12.7. The molecule has 2 N–H and O–H groups in total. The zero-order valence-corrected chi connectivity index (χ0v) is 15.9. The van der Waals surface area contributed by atoms with Gasteiger partial charge in [-0.2, -0.15) is 18.3 Å². The summed E-state index contributed by atoms with van der Waals surface area (Å²) in [4.78, 5) is 8.25. The monoisotopic (exact) mass is 410 g/mol. The highest BCUT2D eigenvalue weighted by Crippen LogP contribution is 2.55. The number of fused-ring (bicyclic) bond motifs is 1. The van der Waals surface area contributed by atoms with Crippen LogP contribution in [-0.4, -0.2) is 32.1 Å². The smallest absolute Gasteiger partial charge is 0.306 e. The fraction of sp³-hybridized carbons (Fsp3) is 0.333. The van der Waals surface area contributed by atoms with Gasteiger partial charge in [0, 0.05) is 30.4 Å². The van der Waals surface area contributed by atoms with E-state index in [0.717, 1.165) is 18.2 Å². The summed E-state index contributed by atoms with van der Waals surface area (Å²) in [6, 6.07) is 3.14. The molecule has 28 heavy (non-hydrogen) atoms. The summed E-state index contributed by atoms with van der Waals surface area (Å²) in [7, 11) is 0. The van der Waals surface area contributed by atoms with Crippen molar-refractivity contribution in [3.05, 3.63) is 52.7 Å². The Balaban J connectivity index is 0.00000109. The number of hydrogen-bond donors (Lipinski definition) is 2. The van der Waals surface area contributed by atoms with Crippen LogP contribution in [-0.2, 0) is 0 Å². The number of anilines is 1. The van der Waals surface area contributed by atoms with E-state index in [2.05, 4.69) is 15.1 Å². The third kappa shape index (κ3) is 4.09. The number of alkyl halides is 3. The topological polar surface area (TPSA) is 79.0 Å². The second kappa shape index (κ2) is 7.75. The van der Waals surface area contributed by atoms with Crippen molar-refractivity contribution in [2.24, 2.45) is 0 Å². The van der Waals surface area contributed by atoms with Gasteiger partial charge in [-0.25, -0.2) is 9.50 Å². The van der Waals surface area contributed by atoms with E-state index in [1.807, 2.05) is 13.8 Å². The zero-order valence-electron chi connectivity index (χ0n) is 15.1. The van der Waals surface area contributed by atoms with Gasteiger partial charge in [0.15, 0.2) is 5.65 Å². The third-order valence-electron chi connectivity index (χ3n) is 4.33. The molecular weight excluding hydrogens is 393 g/mol. The predicted molar refractivity (Wildman–Crippen MR) is 101 cm³/mol.